The van der Waals surface area contributed by atoms with Crippen LogP contribution in [0.2, 0.25) is 5.02 Å². The molecule has 21 heavy (non-hydrogen) atoms. The molecule has 0 aliphatic rings. The number of hydrogen-bond donors (Lipinski definition) is 0. The molecule has 0 amide bonds. The number of hydrogen-bond acceptors (Lipinski definition) is 2. The average Bonchev–Trinajstić information content (AvgIpc) is 2.53. The predicted molar refractivity (Wildman–Crippen MR) is 85.7 cm³/mol. The van der Waals surface area contributed by atoms with Gasteiger partial charge in [-0.05, 0) is 34.5 Å². The molecule has 0 aromatic heterocycles. The average molecular weight is 297 g/mol. The number of carbonyl (C=O) groups excluding carboxylic acids is 1. The van der Waals surface area contributed by atoms with Crippen LogP contribution in [-0.4, -0.2) is 13.1 Å². The van der Waals surface area contributed by atoms with Crippen LogP contribution >= 0.6 is 11.6 Å². The van der Waals surface area contributed by atoms with Crippen molar-refractivity contribution in [1.82, 2.24) is 0 Å². The lowest BCUT2D eigenvalue weighted by atomic mass is 9.97. The van der Waals surface area contributed by atoms with E-state index in [1.807, 2.05) is 54.6 Å². The maximum Gasteiger partial charge on any atom is 0.337 e. The Morgan fingerprint density at radius 3 is 2.48 bits per heavy atom. The number of benzene rings is 3. The summed E-state index contributed by atoms with van der Waals surface area (Å²) >= 11 is 6.30. The Kier molecular flexibility index (Phi) is 3.63. The Labute approximate surface area is 127 Å². The van der Waals surface area contributed by atoms with Gasteiger partial charge in [0.05, 0.1) is 12.7 Å². The van der Waals surface area contributed by atoms with Gasteiger partial charge in [0.1, 0.15) is 0 Å². The van der Waals surface area contributed by atoms with Gasteiger partial charge < -0.3 is 4.74 Å². The summed E-state index contributed by atoms with van der Waals surface area (Å²) in [6, 6.07) is 19.2. The van der Waals surface area contributed by atoms with E-state index in [0.717, 1.165) is 21.9 Å². The van der Waals surface area contributed by atoms with Crippen LogP contribution in [0.15, 0.2) is 60.7 Å². The number of ether oxygens (including phenoxy) is 1. The van der Waals surface area contributed by atoms with Crippen molar-refractivity contribution in [1.29, 1.82) is 0 Å². The van der Waals surface area contributed by atoms with Crippen LogP contribution in [0.1, 0.15) is 10.4 Å². The van der Waals surface area contributed by atoms with Gasteiger partial charge in [0.15, 0.2) is 0 Å². The summed E-state index contributed by atoms with van der Waals surface area (Å²) in [4.78, 5) is 11.7. The van der Waals surface area contributed by atoms with Crippen LogP contribution in [0.4, 0.5) is 0 Å². The van der Waals surface area contributed by atoms with E-state index in [9.17, 15) is 4.79 Å². The fourth-order valence-corrected chi connectivity index (χ4v) is 2.67. The van der Waals surface area contributed by atoms with E-state index in [4.69, 9.17) is 16.3 Å². The molecule has 3 aromatic rings. The van der Waals surface area contributed by atoms with Gasteiger partial charge in [0.25, 0.3) is 0 Å². The third kappa shape index (κ3) is 2.50. The van der Waals surface area contributed by atoms with Gasteiger partial charge in [-0.2, -0.15) is 0 Å². The van der Waals surface area contributed by atoms with Gasteiger partial charge in [-0.25, -0.2) is 4.79 Å². The van der Waals surface area contributed by atoms with E-state index >= 15 is 0 Å². The molecule has 0 atom stereocenters. The molecule has 0 saturated carbocycles. The first-order chi connectivity index (χ1) is 10.2. The Morgan fingerprint density at radius 2 is 1.71 bits per heavy atom. The van der Waals surface area contributed by atoms with Crippen LogP contribution in [0, 0.1) is 0 Å². The second-order valence-electron chi connectivity index (χ2n) is 4.71. The molecule has 0 radical (unpaired) electrons. The normalized spacial score (nSPS) is 10.6. The number of esters is 1. The molecule has 0 bridgehead atoms. The molecule has 0 fully saturated rings. The van der Waals surface area contributed by atoms with Crippen LogP contribution in [0.25, 0.3) is 21.9 Å². The highest BCUT2D eigenvalue weighted by Crippen LogP contribution is 2.33. The molecule has 104 valence electrons. The highest BCUT2D eigenvalue weighted by Gasteiger charge is 2.10. The van der Waals surface area contributed by atoms with Crippen molar-refractivity contribution in [3.05, 3.63) is 71.2 Å². The molecule has 0 N–H and O–H groups in total. The number of rotatable bonds is 2. The van der Waals surface area contributed by atoms with E-state index in [1.165, 1.54) is 7.11 Å². The van der Waals surface area contributed by atoms with Crippen LogP contribution in [-0.2, 0) is 4.74 Å². The molecule has 0 spiro atoms. The molecule has 0 aliphatic heterocycles. The maximum atomic E-state index is 11.7. The Morgan fingerprint density at radius 1 is 0.952 bits per heavy atom. The minimum absolute atomic E-state index is 0.342. The van der Waals surface area contributed by atoms with Crippen molar-refractivity contribution in [3.8, 4) is 11.1 Å². The lowest BCUT2D eigenvalue weighted by Gasteiger charge is -2.10. The molecule has 3 heteroatoms. The molecule has 0 saturated heterocycles. The molecular weight excluding hydrogens is 284 g/mol. The van der Waals surface area contributed by atoms with Crippen molar-refractivity contribution < 1.29 is 9.53 Å². The Balaban J connectivity index is 2.28. The van der Waals surface area contributed by atoms with E-state index in [0.29, 0.717) is 10.6 Å². The van der Waals surface area contributed by atoms with Gasteiger partial charge in [0.2, 0.25) is 0 Å². The highest BCUT2D eigenvalue weighted by molar-refractivity contribution is 6.33. The Hall–Kier alpha value is -2.32. The summed E-state index contributed by atoms with van der Waals surface area (Å²) < 4.78 is 4.79. The summed E-state index contributed by atoms with van der Waals surface area (Å²) in [7, 11) is 1.38. The summed E-state index contributed by atoms with van der Waals surface area (Å²) in [6.07, 6.45) is 0. The largest absolute Gasteiger partial charge is 0.465 e. The van der Waals surface area contributed by atoms with E-state index in [2.05, 4.69) is 0 Å². The number of halogens is 1. The quantitative estimate of drug-likeness (QED) is 0.626. The molecule has 3 rings (SSSR count). The first-order valence-electron chi connectivity index (χ1n) is 6.56. The first kappa shape index (κ1) is 13.7. The van der Waals surface area contributed by atoms with Gasteiger partial charge in [-0.15, -0.1) is 0 Å². The van der Waals surface area contributed by atoms with E-state index in [-0.39, 0.29) is 5.97 Å². The van der Waals surface area contributed by atoms with Crippen LogP contribution in [0.3, 0.4) is 0 Å². The monoisotopic (exact) mass is 296 g/mol. The molecule has 0 aliphatic carbocycles. The maximum absolute atomic E-state index is 11.7. The van der Waals surface area contributed by atoms with Gasteiger partial charge >= 0.3 is 5.97 Å². The fourth-order valence-electron chi connectivity index (χ4n) is 2.43. The van der Waals surface area contributed by atoms with Crippen molar-refractivity contribution in [2.45, 2.75) is 0 Å². The Bertz CT molecular complexity index is 824. The molecule has 2 nitrogen and oxygen atoms in total. The smallest absolute Gasteiger partial charge is 0.337 e. The molecule has 0 unspecified atom stereocenters. The standard InChI is InChI=1S/C18H13ClO2/c1-21-18(20)13-10-9-12-5-4-7-14(16(12)11-13)15-6-2-3-8-17(15)19/h2-11H,1H3. The number of methoxy groups -OCH3 is 1. The van der Waals surface area contributed by atoms with Crippen molar-refractivity contribution in [3.63, 3.8) is 0 Å². The predicted octanol–water partition coefficient (Wildman–Crippen LogP) is 4.95. The topological polar surface area (TPSA) is 26.3 Å². The summed E-state index contributed by atoms with van der Waals surface area (Å²) in [5.41, 5.74) is 2.49. The van der Waals surface area contributed by atoms with Crippen LogP contribution < -0.4 is 0 Å². The van der Waals surface area contributed by atoms with Crippen LogP contribution in [0.5, 0.6) is 0 Å². The van der Waals surface area contributed by atoms with Crippen molar-refractivity contribution >= 4 is 28.3 Å². The number of carbonyl (C=O) groups is 1. The first-order valence-corrected chi connectivity index (χ1v) is 6.94. The summed E-state index contributed by atoms with van der Waals surface area (Å²) in [6.45, 7) is 0. The van der Waals surface area contributed by atoms with Gasteiger partial charge in [0, 0.05) is 10.6 Å². The highest BCUT2D eigenvalue weighted by atomic mass is 35.5. The fraction of sp³-hybridized carbons (Fsp3) is 0.0556. The lowest BCUT2D eigenvalue weighted by molar-refractivity contribution is 0.0601. The minimum atomic E-state index is -0.342. The zero-order chi connectivity index (χ0) is 14.8. The third-order valence-electron chi connectivity index (χ3n) is 3.47. The van der Waals surface area contributed by atoms with E-state index < -0.39 is 0 Å². The van der Waals surface area contributed by atoms with Gasteiger partial charge in [-0.1, -0.05) is 54.1 Å². The third-order valence-corrected chi connectivity index (χ3v) is 3.80. The second kappa shape index (κ2) is 5.58. The molecule has 3 aromatic carbocycles. The zero-order valence-electron chi connectivity index (χ0n) is 11.5. The van der Waals surface area contributed by atoms with Gasteiger partial charge in [-0.3, -0.25) is 0 Å². The molecule has 0 heterocycles. The van der Waals surface area contributed by atoms with Crippen molar-refractivity contribution in [2.75, 3.05) is 7.11 Å². The lowest BCUT2D eigenvalue weighted by Crippen LogP contribution is -2.00. The second-order valence-corrected chi connectivity index (χ2v) is 5.12. The SMILES string of the molecule is COC(=O)c1ccc2cccc(-c3ccccc3Cl)c2c1. The summed E-state index contributed by atoms with van der Waals surface area (Å²) in [5.74, 6) is -0.342. The minimum Gasteiger partial charge on any atom is -0.465 e. The van der Waals surface area contributed by atoms with Crippen molar-refractivity contribution in [2.24, 2.45) is 0 Å². The summed E-state index contributed by atoms with van der Waals surface area (Å²) in [5, 5.41) is 2.72. The zero-order valence-corrected chi connectivity index (χ0v) is 12.2. The molecular formula is C18H13ClO2. The number of fused-ring (bicyclic) bond motifs is 1. The van der Waals surface area contributed by atoms with E-state index in [1.54, 1.807) is 6.07 Å².